The molecule has 6 N–H and O–H groups in total. The Hall–Kier alpha value is -2.26. The molecule has 2 aromatic rings. The van der Waals surface area contributed by atoms with Crippen LogP contribution in [0, 0.1) is 0 Å². The zero-order valence-corrected chi connectivity index (χ0v) is 8.21. The van der Waals surface area contributed by atoms with Gasteiger partial charge < -0.3 is 5.43 Å². The number of nitrogens with two attached hydrogens (primary N) is 2. The first-order chi connectivity index (χ1) is 7.74. The van der Waals surface area contributed by atoms with Crippen molar-refractivity contribution in [2.75, 3.05) is 5.43 Å². The van der Waals surface area contributed by atoms with Crippen molar-refractivity contribution in [2.24, 2.45) is 11.7 Å². The van der Waals surface area contributed by atoms with Gasteiger partial charge in [0.05, 0.1) is 6.42 Å². The molecule has 9 heteroatoms. The second-order valence-electron chi connectivity index (χ2n) is 3.04. The summed E-state index contributed by atoms with van der Waals surface area (Å²) in [5.74, 6) is 10.3. The van der Waals surface area contributed by atoms with Crippen molar-refractivity contribution in [1.82, 2.24) is 25.2 Å². The molecule has 0 atom stereocenters. The summed E-state index contributed by atoms with van der Waals surface area (Å²) in [6, 6.07) is 1.66. The summed E-state index contributed by atoms with van der Waals surface area (Å²) in [7, 11) is 0. The third-order valence-corrected chi connectivity index (χ3v) is 2.02. The van der Waals surface area contributed by atoms with Gasteiger partial charge in [0.1, 0.15) is 6.33 Å². The number of hydrazine groups is 2. The lowest BCUT2D eigenvalue weighted by atomic mass is 10.2. The van der Waals surface area contributed by atoms with E-state index in [4.69, 9.17) is 11.7 Å². The van der Waals surface area contributed by atoms with Gasteiger partial charge >= 0.3 is 0 Å². The van der Waals surface area contributed by atoms with E-state index in [0.717, 1.165) is 0 Å². The number of carbonyl (C=O) groups is 1. The molecule has 84 valence electrons. The predicted octanol–water partition coefficient (Wildman–Crippen LogP) is -2.06. The molecule has 2 heterocycles. The van der Waals surface area contributed by atoms with Gasteiger partial charge in [0.2, 0.25) is 5.91 Å². The quantitative estimate of drug-likeness (QED) is 0.266. The van der Waals surface area contributed by atoms with Gasteiger partial charge in [-0.1, -0.05) is 0 Å². The summed E-state index contributed by atoms with van der Waals surface area (Å²) in [5.41, 5.74) is 5.54. The van der Waals surface area contributed by atoms with Gasteiger partial charge in [-0.3, -0.25) is 10.2 Å². The number of hydrogen-bond donors (Lipinski definition) is 4. The number of nitrogens with zero attached hydrogens (tertiary/aromatic N) is 4. The number of anilines is 1. The number of carbonyl (C=O) groups excluding carboxylic acids is 1. The van der Waals surface area contributed by atoms with Crippen molar-refractivity contribution in [1.29, 1.82) is 0 Å². The first-order valence-corrected chi connectivity index (χ1v) is 4.40. The Bertz CT molecular complexity index is 520. The zero-order chi connectivity index (χ0) is 11.5. The fraction of sp³-hybridized carbons (Fsp3) is 0.143. The largest absolute Gasteiger partial charge is 0.307 e. The van der Waals surface area contributed by atoms with Crippen LogP contribution < -0.4 is 22.5 Å². The molecule has 0 saturated heterocycles. The number of amides is 1. The molecular weight excluding hydrogens is 212 g/mol. The zero-order valence-electron chi connectivity index (χ0n) is 8.21. The molecule has 0 spiro atoms. The van der Waals surface area contributed by atoms with Gasteiger partial charge in [0.15, 0.2) is 11.5 Å². The van der Waals surface area contributed by atoms with Crippen LogP contribution in [-0.2, 0) is 11.2 Å². The lowest BCUT2D eigenvalue weighted by molar-refractivity contribution is -0.120. The van der Waals surface area contributed by atoms with Crippen molar-refractivity contribution in [3.63, 3.8) is 0 Å². The Morgan fingerprint density at radius 3 is 3.00 bits per heavy atom. The lowest BCUT2D eigenvalue weighted by Gasteiger charge is -2.06. The molecule has 0 radical (unpaired) electrons. The molecule has 2 rings (SSSR count). The van der Waals surface area contributed by atoms with Crippen LogP contribution in [0.5, 0.6) is 0 Å². The van der Waals surface area contributed by atoms with Crippen LogP contribution in [0.1, 0.15) is 5.56 Å². The molecule has 9 nitrogen and oxygen atoms in total. The second kappa shape index (κ2) is 4.08. The fourth-order valence-corrected chi connectivity index (χ4v) is 1.29. The summed E-state index contributed by atoms with van der Waals surface area (Å²) in [6.45, 7) is 0. The fourth-order valence-electron chi connectivity index (χ4n) is 1.29. The van der Waals surface area contributed by atoms with Crippen molar-refractivity contribution in [3.8, 4) is 0 Å². The van der Waals surface area contributed by atoms with E-state index >= 15 is 0 Å². The maximum atomic E-state index is 11.1. The third kappa shape index (κ3) is 1.76. The van der Waals surface area contributed by atoms with E-state index in [0.29, 0.717) is 17.0 Å². The van der Waals surface area contributed by atoms with E-state index < -0.39 is 0 Å². The minimum Gasteiger partial charge on any atom is -0.307 e. The van der Waals surface area contributed by atoms with Crippen LogP contribution in [0.4, 0.5) is 5.82 Å². The Morgan fingerprint density at radius 1 is 1.50 bits per heavy atom. The normalized spacial score (nSPS) is 10.4. The molecule has 0 unspecified atom stereocenters. The number of nitrogens with one attached hydrogen (secondary N) is 2. The number of hydrogen-bond acceptors (Lipinski definition) is 7. The molecule has 0 aliphatic heterocycles. The minimum absolute atomic E-state index is 0.0619. The van der Waals surface area contributed by atoms with E-state index in [1.54, 1.807) is 6.07 Å². The van der Waals surface area contributed by atoms with Crippen molar-refractivity contribution >= 4 is 17.4 Å². The van der Waals surface area contributed by atoms with Crippen molar-refractivity contribution < 1.29 is 4.79 Å². The SMILES string of the molecule is NNC(=O)Cc1cc2nncn2nc1NN. The smallest absolute Gasteiger partial charge is 0.238 e. The van der Waals surface area contributed by atoms with Gasteiger partial charge in [-0.15, -0.1) is 15.3 Å². The standard InChI is InChI=1S/C7H10N8O/c8-11-6(16)2-4-1-5-13-10-3-15(5)14-7(4)12-9/h1,3H,2,8-9H2,(H,11,16)(H,12,14). The van der Waals surface area contributed by atoms with Crippen LogP contribution >= 0.6 is 0 Å². The summed E-state index contributed by atoms with van der Waals surface area (Å²) >= 11 is 0. The van der Waals surface area contributed by atoms with Crippen LogP contribution in [0.2, 0.25) is 0 Å². The molecular formula is C7H10N8O. The van der Waals surface area contributed by atoms with E-state index in [1.165, 1.54) is 10.8 Å². The van der Waals surface area contributed by atoms with Crippen LogP contribution in [0.25, 0.3) is 5.65 Å². The highest BCUT2D eigenvalue weighted by Crippen LogP contribution is 2.13. The van der Waals surface area contributed by atoms with Crippen LogP contribution in [0.15, 0.2) is 12.4 Å². The minimum atomic E-state index is -0.345. The molecule has 0 fully saturated rings. The van der Waals surface area contributed by atoms with E-state index in [2.05, 4.69) is 20.7 Å². The predicted molar refractivity (Wildman–Crippen MR) is 54.6 cm³/mol. The van der Waals surface area contributed by atoms with Gasteiger partial charge in [-0.2, -0.15) is 4.52 Å². The number of aromatic nitrogens is 4. The molecule has 0 saturated carbocycles. The van der Waals surface area contributed by atoms with E-state index in [9.17, 15) is 4.79 Å². The van der Waals surface area contributed by atoms with Gasteiger partial charge in [0, 0.05) is 5.56 Å². The average Bonchev–Trinajstić information content (AvgIpc) is 2.74. The Labute approximate surface area is 89.8 Å². The maximum absolute atomic E-state index is 11.1. The molecule has 0 bridgehead atoms. The van der Waals surface area contributed by atoms with Gasteiger partial charge in [-0.25, -0.2) is 11.7 Å². The molecule has 2 aromatic heterocycles. The first-order valence-electron chi connectivity index (χ1n) is 4.40. The third-order valence-electron chi connectivity index (χ3n) is 2.02. The molecule has 1 amide bonds. The highest BCUT2D eigenvalue weighted by Gasteiger charge is 2.10. The Kier molecular flexibility index (Phi) is 2.62. The average molecular weight is 222 g/mol. The van der Waals surface area contributed by atoms with Gasteiger partial charge in [-0.05, 0) is 6.07 Å². The Morgan fingerprint density at radius 2 is 2.31 bits per heavy atom. The number of nitrogen functional groups attached to an aromatic ring is 1. The van der Waals surface area contributed by atoms with Crippen LogP contribution in [0.3, 0.4) is 0 Å². The summed E-state index contributed by atoms with van der Waals surface area (Å²) in [4.78, 5) is 11.1. The maximum Gasteiger partial charge on any atom is 0.238 e. The Balaban J connectivity index is 2.44. The van der Waals surface area contributed by atoms with E-state index in [1.807, 2.05) is 5.43 Å². The number of rotatable bonds is 3. The highest BCUT2D eigenvalue weighted by atomic mass is 16.2. The number of fused-ring (bicyclic) bond motifs is 1. The van der Waals surface area contributed by atoms with E-state index in [-0.39, 0.29) is 12.3 Å². The monoisotopic (exact) mass is 222 g/mol. The summed E-state index contributed by atoms with van der Waals surface area (Å²) in [5, 5.41) is 11.6. The molecule has 0 aromatic carbocycles. The second-order valence-corrected chi connectivity index (χ2v) is 3.04. The lowest BCUT2D eigenvalue weighted by Crippen LogP contribution is -2.32. The molecule has 0 aliphatic rings. The molecule has 0 aliphatic carbocycles. The summed E-state index contributed by atoms with van der Waals surface area (Å²) in [6.07, 6.45) is 1.50. The van der Waals surface area contributed by atoms with Gasteiger partial charge in [0.25, 0.3) is 0 Å². The topological polar surface area (TPSA) is 136 Å². The van der Waals surface area contributed by atoms with Crippen molar-refractivity contribution in [3.05, 3.63) is 18.0 Å². The van der Waals surface area contributed by atoms with Crippen molar-refractivity contribution in [2.45, 2.75) is 6.42 Å². The molecule has 16 heavy (non-hydrogen) atoms. The summed E-state index contributed by atoms with van der Waals surface area (Å²) < 4.78 is 1.44. The first kappa shape index (κ1) is 10.3. The highest BCUT2D eigenvalue weighted by molar-refractivity contribution is 5.79. The van der Waals surface area contributed by atoms with Crippen LogP contribution in [-0.4, -0.2) is 25.7 Å².